The molecule has 1 aromatic rings. The molecule has 1 aromatic heterocycles. The van der Waals surface area contributed by atoms with E-state index < -0.39 is 0 Å². The van der Waals surface area contributed by atoms with E-state index in [4.69, 9.17) is 4.42 Å². The van der Waals surface area contributed by atoms with Gasteiger partial charge in [0.15, 0.2) is 4.67 Å². The molecule has 6 nitrogen and oxygen atoms in total. The summed E-state index contributed by atoms with van der Waals surface area (Å²) >= 11 is 3.16. The molecule has 7 heteroatoms. The van der Waals surface area contributed by atoms with Gasteiger partial charge in [-0.2, -0.15) is 0 Å². The lowest BCUT2D eigenvalue weighted by Crippen LogP contribution is -2.49. The number of carbonyl (C=O) groups is 2. The van der Waals surface area contributed by atoms with E-state index in [9.17, 15) is 9.59 Å². The molecular formula is C12H16BrN3O3. The van der Waals surface area contributed by atoms with Crippen LogP contribution in [0.1, 0.15) is 10.4 Å². The van der Waals surface area contributed by atoms with Crippen LogP contribution in [0.5, 0.6) is 0 Å². The van der Waals surface area contributed by atoms with Crippen molar-refractivity contribution in [1.29, 1.82) is 0 Å². The van der Waals surface area contributed by atoms with Crippen molar-refractivity contribution in [2.45, 2.75) is 0 Å². The van der Waals surface area contributed by atoms with Gasteiger partial charge in [-0.15, -0.1) is 0 Å². The summed E-state index contributed by atoms with van der Waals surface area (Å²) in [5.74, 6) is -0.263. The van der Waals surface area contributed by atoms with Crippen LogP contribution in [0, 0.1) is 0 Å². The van der Waals surface area contributed by atoms with Gasteiger partial charge < -0.3 is 19.5 Å². The molecule has 0 spiro atoms. The van der Waals surface area contributed by atoms with Crippen LogP contribution in [0.25, 0.3) is 0 Å². The van der Waals surface area contributed by atoms with Gasteiger partial charge in [0.25, 0.3) is 5.91 Å². The maximum absolute atomic E-state index is 12.1. The van der Waals surface area contributed by atoms with Crippen LogP contribution in [0.2, 0.25) is 0 Å². The highest BCUT2D eigenvalue weighted by molar-refractivity contribution is 9.10. The molecule has 0 atom stereocenters. The van der Waals surface area contributed by atoms with E-state index in [0.29, 0.717) is 23.3 Å². The fourth-order valence-electron chi connectivity index (χ4n) is 1.94. The van der Waals surface area contributed by atoms with Crippen molar-refractivity contribution in [2.75, 3.05) is 39.8 Å². The van der Waals surface area contributed by atoms with Crippen LogP contribution in [-0.4, -0.2) is 61.4 Å². The fraction of sp³-hybridized carbons (Fsp3) is 0.500. The molecular weight excluding hydrogens is 314 g/mol. The number of carbonyl (C=O) groups excluding carboxylic acids is 2. The fourth-order valence-corrected chi connectivity index (χ4v) is 2.35. The summed E-state index contributed by atoms with van der Waals surface area (Å²) in [4.78, 5) is 27.3. The summed E-state index contributed by atoms with van der Waals surface area (Å²) in [6.45, 7) is 3.07. The van der Waals surface area contributed by atoms with Gasteiger partial charge in [0.1, 0.15) is 0 Å². The Morgan fingerprint density at radius 2 is 2.16 bits per heavy atom. The zero-order valence-corrected chi connectivity index (χ0v) is 12.3. The van der Waals surface area contributed by atoms with Gasteiger partial charge >= 0.3 is 0 Å². The molecule has 0 aromatic carbocycles. The zero-order chi connectivity index (χ0) is 13.8. The second kappa shape index (κ2) is 6.21. The normalized spacial score (nSPS) is 15.4. The summed E-state index contributed by atoms with van der Waals surface area (Å²) in [5, 5.41) is 3.18. The average Bonchev–Trinajstić information content (AvgIpc) is 2.85. The lowest BCUT2D eigenvalue weighted by atomic mass is 10.3. The zero-order valence-electron chi connectivity index (χ0n) is 10.7. The molecule has 0 radical (unpaired) electrons. The molecule has 1 aliphatic heterocycles. The van der Waals surface area contributed by atoms with Crippen LogP contribution < -0.4 is 5.32 Å². The molecule has 2 heterocycles. The highest BCUT2D eigenvalue weighted by atomic mass is 79.9. The van der Waals surface area contributed by atoms with E-state index >= 15 is 0 Å². The lowest BCUT2D eigenvalue weighted by molar-refractivity contribution is -0.132. The molecule has 1 aliphatic rings. The first-order valence-electron chi connectivity index (χ1n) is 6.06. The minimum absolute atomic E-state index is 0.0306. The van der Waals surface area contributed by atoms with Gasteiger partial charge in [0.2, 0.25) is 5.91 Å². The smallest absolute Gasteiger partial charge is 0.258 e. The maximum atomic E-state index is 12.1. The molecule has 2 amide bonds. The van der Waals surface area contributed by atoms with E-state index in [1.165, 1.54) is 11.2 Å². The van der Waals surface area contributed by atoms with E-state index in [-0.39, 0.29) is 18.4 Å². The Kier molecular flexibility index (Phi) is 4.60. The maximum Gasteiger partial charge on any atom is 0.258 e. The first-order chi connectivity index (χ1) is 9.09. The van der Waals surface area contributed by atoms with E-state index in [0.717, 1.165) is 13.1 Å². The van der Waals surface area contributed by atoms with Gasteiger partial charge in [-0.3, -0.25) is 9.59 Å². The van der Waals surface area contributed by atoms with Crippen molar-refractivity contribution in [3.8, 4) is 0 Å². The molecule has 19 heavy (non-hydrogen) atoms. The summed E-state index contributed by atoms with van der Waals surface area (Å²) in [7, 11) is 1.61. The van der Waals surface area contributed by atoms with Gasteiger partial charge in [-0.05, 0) is 22.0 Å². The first-order valence-corrected chi connectivity index (χ1v) is 6.86. The number of amides is 2. The second-order valence-corrected chi connectivity index (χ2v) is 5.12. The number of nitrogens with one attached hydrogen (secondary N) is 1. The van der Waals surface area contributed by atoms with Gasteiger partial charge in [0.05, 0.1) is 18.4 Å². The average molecular weight is 330 g/mol. The second-order valence-electron chi connectivity index (χ2n) is 4.40. The molecule has 0 bridgehead atoms. The Balaban J connectivity index is 1.93. The highest BCUT2D eigenvalue weighted by Gasteiger charge is 2.22. The third-order valence-electron chi connectivity index (χ3n) is 3.04. The predicted octanol–water partition coefficient (Wildman–Crippen LogP) is 0.546. The van der Waals surface area contributed by atoms with Crippen molar-refractivity contribution in [2.24, 2.45) is 0 Å². The number of likely N-dealkylation sites (N-methyl/N-ethyl adjacent to an activating group) is 1. The van der Waals surface area contributed by atoms with E-state index in [2.05, 4.69) is 21.2 Å². The Morgan fingerprint density at radius 1 is 1.47 bits per heavy atom. The minimum Gasteiger partial charge on any atom is -0.457 e. The predicted molar refractivity (Wildman–Crippen MR) is 72.8 cm³/mol. The summed E-state index contributed by atoms with van der Waals surface area (Å²) in [6.07, 6.45) is 1.43. The Morgan fingerprint density at radius 3 is 2.74 bits per heavy atom. The lowest BCUT2D eigenvalue weighted by Gasteiger charge is -2.29. The number of rotatable bonds is 3. The molecule has 104 valence electrons. The minimum atomic E-state index is -0.232. The van der Waals surface area contributed by atoms with E-state index in [1.807, 2.05) is 0 Å². The standard InChI is InChI=1S/C12H16BrN3O3/c1-15(12(18)9-2-7-19-11(9)13)8-10(17)16-5-3-14-4-6-16/h2,7,14H,3-6,8H2,1H3. The Labute approximate surface area is 119 Å². The van der Waals surface area contributed by atoms with Crippen LogP contribution in [0.4, 0.5) is 0 Å². The summed E-state index contributed by atoms with van der Waals surface area (Å²) < 4.78 is 5.41. The Hall–Kier alpha value is -1.34. The molecule has 1 fully saturated rings. The van der Waals surface area contributed by atoms with Gasteiger partial charge in [-0.25, -0.2) is 0 Å². The van der Waals surface area contributed by atoms with Crippen molar-refractivity contribution in [3.05, 3.63) is 22.6 Å². The van der Waals surface area contributed by atoms with Crippen molar-refractivity contribution in [3.63, 3.8) is 0 Å². The summed E-state index contributed by atoms with van der Waals surface area (Å²) in [5.41, 5.74) is 0.426. The van der Waals surface area contributed by atoms with Crippen molar-refractivity contribution < 1.29 is 14.0 Å². The monoisotopic (exact) mass is 329 g/mol. The van der Waals surface area contributed by atoms with Crippen LogP contribution in [-0.2, 0) is 4.79 Å². The number of nitrogens with zero attached hydrogens (tertiary/aromatic N) is 2. The van der Waals surface area contributed by atoms with Crippen molar-refractivity contribution in [1.82, 2.24) is 15.1 Å². The number of piperazine rings is 1. The molecule has 0 saturated carbocycles. The SMILES string of the molecule is CN(CC(=O)N1CCNCC1)C(=O)c1ccoc1Br. The largest absolute Gasteiger partial charge is 0.457 e. The number of furan rings is 1. The van der Waals surface area contributed by atoms with Crippen LogP contribution in [0.15, 0.2) is 21.4 Å². The quantitative estimate of drug-likeness (QED) is 0.879. The first kappa shape index (κ1) is 14.1. The Bertz CT molecular complexity index is 469. The third-order valence-corrected chi connectivity index (χ3v) is 3.65. The van der Waals surface area contributed by atoms with Gasteiger partial charge in [-0.1, -0.05) is 0 Å². The number of halogens is 1. The molecule has 1 saturated heterocycles. The topological polar surface area (TPSA) is 65.8 Å². The highest BCUT2D eigenvalue weighted by Crippen LogP contribution is 2.18. The molecule has 2 rings (SSSR count). The van der Waals surface area contributed by atoms with Gasteiger partial charge in [0, 0.05) is 33.2 Å². The molecule has 0 aliphatic carbocycles. The number of hydrogen-bond donors (Lipinski definition) is 1. The third kappa shape index (κ3) is 3.36. The van der Waals surface area contributed by atoms with E-state index in [1.54, 1.807) is 18.0 Å². The molecule has 1 N–H and O–H groups in total. The number of hydrogen-bond acceptors (Lipinski definition) is 4. The molecule has 0 unspecified atom stereocenters. The van der Waals surface area contributed by atoms with Crippen LogP contribution in [0.3, 0.4) is 0 Å². The summed E-state index contributed by atoms with van der Waals surface area (Å²) in [6, 6.07) is 1.58. The van der Waals surface area contributed by atoms with Crippen molar-refractivity contribution >= 4 is 27.7 Å². The van der Waals surface area contributed by atoms with Crippen LogP contribution >= 0.6 is 15.9 Å².